The molecule has 0 aromatic heterocycles. The quantitative estimate of drug-likeness (QED) is 0.801. The van der Waals surface area contributed by atoms with Gasteiger partial charge in [-0.3, -0.25) is 4.79 Å². The number of hydrogen-bond acceptors (Lipinski definition) is 4. The summed E-state index contributed by atoms with van der Waals surface area (Å²) >= 11 is 0. The molecule has 0 aromatic carbocycles. The van der Waals surface area contributed by atoms with E-state index >= 15 is 0 Å². The number of rotatable bonds is 3. The number of fused-ring (bicyclic) bond motifs is 1. The second kappa shape index (κ2) is 8.24. The van der Waals surface area contributed by atoms with Crippen molar-refractivity contribution in [2.45, 2.75) is 37.8 Å². The molecule has 3 aliphatic rings. The minimum Gasteiger partial charge on any atom is -0.331 e. The largest absolute Gasteiger partial charge is 0.331 e. The minimum absolute atomic E-state index is 0. The molecule has 1 saturated carbocycles. The van der Waals surface area contributed by atoms with Crippen molar-refractivity contribution >= 4 is 24.3 Å². The van der Waals surface area contributed by atoms with E-state index in [-0.39, 0.29) is 30.4 Å². The zero-order valence-corrected chi connectivity index (χ0v) is 15.8. The topological polar surface area (TPSA) is 79.7 Å². The third-order valence-corrected chi connectivity index (χ3v) is 5.67. The molecule has 8 heteroatoms. The van der Waals surface area contributed by atoms with Crippen LogP contribution < -0.4 is 5.32 Å². The van der Waals surface area contributed by atoms with Crippen LogP contribution >= 0.6 is 12.4 Å². The van der Waals surface area contributed by atoms with Gasteiger partial charge >= 0.3 is 6.03 Å². The first-order chi connectivity index (χ1) is 11.5. The molecule has 0 aromatic rings. The van der Waals surface area contributed by atoms with E-state index in [1.165, 1.54) is 0 Å². The number of carbonyl (C=O) groups is 2. The van der Waals surface area contributed by atoms with Gasteiger partial charge in [0.05, 0.1) is 12.6 Å². The lowest BCUT2D eigenvalue weighted by Gasteiger charge is -2.24. The van der Waals surface area contributed by atoms with Crippen molar-refractivity contribution in [2.75, 3.05) is 40.3 Å². The number of hydrogen-bond donors (Lipinski definition) is 1. The molecule has 0 radical (unpaired) electrons. The molecule has 3 fully saturated rings. The van der Waals surface area contributed by atoms with Gasteiger partial charge in [0.2, 0.25) is 5.91 Å². The molecule has 0 spiro atoms. The summed E-state index contributed by atoms with van der Waals surface area (Å²) in [5.74, 6) is 1.13. The average molecular weight is 370 g/mol. The molecule has 7 nitrogen and oxygen atoms in total. The Bertz CT molecular complexity index is 536. The zero-order chi connectivity index (χ0) is 17.3. The van der Waals surface area contributed by atoms with Crippen molar-refractivity contribution in [1.82, 2.24) is 20.0 Å². The van der Waals surface area contributed by atoms with Crippen LogP contribution in [0.5, 0.6) is 0 Å². The molecule has 3 atom stereocenters. The van der Waals surface area contributed by atoms with Gasteiger partial charge in [0.1, 0.15) is 6.04 Å². The van der Waals surface area contributed by atoms with Crippen LogP contribution in [0, 0.1) is 23.2 Å². The molecule has 2 heterocycles. The number of likely N-dealkylation sites (tertiary alicyclic amines) is 2. The van der Waals surface area contributed by atoms with Crippen molar-refractivity contribution < 1.29 is 9.59 Å². The highest BCUT2D eigenvalue weighted by Gasteiger charge is 2.42. The van der Waals surface area contributed by atoms with Crippen molar-refractivity contribution in [3.63, 3.8) is 0 Å². The van der Waals surface area contributed by atoms with Gasteiger partial charge in [-0.15, -0.1) is 12.4 Å². The van der Waals surface area contributed by atoms with E-state index in [2.05, 4.69) is 11.4 Å². The Morgan fingerprint density at radius 1 is 1.24 bits per heavy atom. The standard InChI is InChI=1S/C17H27N5O2.ClH/c1-20(2)17(24)21-10-12-6-14(7-13(12)11-21)19-9-16(23)22-5-3-4-15(22)8-18;/h12-15,19H,3-7,9-11H2,1-2H3;1H/t12?,13?,14?,15-;/m0./s1. The van der Waals surface area contributed by atoms with Crippen LogP contribution in [0.25, 0.3) is 0 Å². The summed E-state index contributed by atoms with van der Waals surface area (Å²) in [6.45, 7) is 2.69. The summed E-state index contributed by atoms with van der Waals surface area (Å²) in [7, 11) is 3.58. The van der Waals surface area contributed by atoms with E-state index in [4.69, 9.17) is 5.26 Å². The van der Waals surface area contributed by atoms with Crippen LogP contribution in [-0.2, 0) is 4.79 Å². The lowest BCUT2D eigenvalue weighted by atomic mass is 10.0. The Morgan fingerprint density at radius 3 is 2.44 bits per heavy atom. The van der Waals surface area contributed by atoms with Crippen LogP contribution in [0.4, 0.5) is 4.79 Å². The molecule has 3 amide bonds. The number of nitrogens with one attached hydrogen (secondary N) is 1. The molecule has 1 aliphatic carbocycles. The highest BCUT2D eigenvalue weighted by molar-refractivity contribution is 5.85. The van der Waals surface area contributed by atoms with Gasteiger partial charge in [-0.25, -0.2) is 4.79 Å². The Hall–Kier alpha value is -1.52. The summed E-state index contributed by atoms with van der Waals surface area (Å²) in [6.07, 6.45) is 3.77. The van der Waals surface area contributed by atoms with E-state index < -0.39 is 0 Å². The highest BCUT2D eigenvalue weighted by Crippen LogP contribution is 2.38. The summed E-state index contributed by atoms with van der Waals surface area (Å²) in [4.78, 5) is 29.6. The molecular formula is C17H28ClN5O2. The van der Waals surface area contributed by atoms with E-state index in [1.54, 1.807) is 23.9 Å². The second-order valence-corrected chi connectivity index (χ2v) is 7.53. The summed E-state index contributed by atoms with van der Waals surface area (Å²) in [5.41, 5.74) is 0. The molecule has 2 unspecified atom stereocenters. The monoisotopic (exact) mass is 369 g/mol. The number of amides is 3. The van der Waals surface area contributed by atoms with Gasteiger partial charge in [0, 0.05) is 39.8 Å². The van der Waals surface area contributed by atoms with E-state index in [1.807, 2.05) is 4.90 Å². The molecule has 25 heavy (non-hydrogen) atoms. The Labute approximate surface area is 155 Å². The third-order valence-electron chi connectivity index (χ3n) is 5.67. The molecule has 3 rings (SSSR count). The third kappa shape index (κ3) is 4.18. The average Bonchev–Trinajstić information content (AvgIpc) is 3.25. The molecule has 2 aliphatic heterocycles. The summed E-state index contributed by atoms with van der Waals surface area (Å²) in [6, 6.07) is 2.42. The Morgan fingerprint density at radius 2 is 1.88 bits per heavy atom. The van der Waals surface area contributed by atoms with Crippen molar-refractivity contribution in [3.8, 4) is 6.07 Å². The van der Waals surface area contributed by atoms with Crippen LogP contribution in [-0.4, -0.2) is 79.0 Å². The van der Waals surface area contributed by atoms with Crippen molar-refractivity contribution in [3.05, 3.63) is 0 Å². The first-order valence-corrected chi connectivity index (χ1v) is 8.88. The maximum Gasteiger partial charge on any atom is 0.319 e. The summed E-state index contributed by atoms with van der Waals surface area (Å²) in [5, 5.41) is 12.5. The first-order valence-electron chi connectivity index (χ1n) is 8.88. The van der Waals surface area contributed by atoms with E-state index in [0.29, 0.717) is 31.0 Å². The number of halogens is 1. The van der Waals surface area contributed by atoms with Gasteiger partial charge in [-0.2, -0.15) is 5.26 Å². The number of nitriles is 1. The van der Waals surface area contributed by atoms with Gasteiger partial charge in [0.15, 0.2) is 0 Å². The van der Waals surface area contributed by atoms with E-state index in [9.17, 15) is 9.59 Å². The Balaban J connectivity index is 0.00000225. The fourth-order valence-corrected chi connectivity index (χ4v) is 4.44. The maximum absolute atomic E-state index is 12.3. The van der Waals surface area contributed by atoms with Gasteiger partial charge in [0.25, 0.3) is 0 Å². The van der Waals surface area contributed by atoms with Crippen LogP contribution in [0.3, 0.4) is 0 Å². The van der Waals surface area contributed by atoms with Crippen molar-refractivity contribution in [2.24, 2.45) is 11.8 Å². The fourth-order valence-electron chi connectivity index (χ4n) is 4.44. The second-order valence-electron chi connectivity index (χ2n) is 7.53. The van der Waals surface area contributed by atoms with Gasteiger partial charge < -0.3 is 20.0 Å². The predicted molar refractivity (Wildman–Crippen MR) is 96.3 cm³/mol. The number of urea groups is 1. The number of nitrogens with zero attached hydrogens (tertiary/aromatic N) is 4. The highest BCUT2D eigenvalue weighted by atomic mass is 35.5. The number of carbonyl (C=O) groups excluding carboxylic acids is 2. The first kappa shape index (κ1) is 19.8. The molecular weight excluding hydrogens is 342 g/mol. The SMILES string of the molecule is CN(C)C(=O)N1CC2CC(NCC(=O)N3CCC[C@H]3C#N)CC2C1.Cl. The Kier molecular flexibility index (Phi) is 6.53. The lowest BCUT2D eigenvalue weighted by molar-refractivity contribution is -0.130. The molecule has 1 N–H and O–H groups in total. The van der Waals surface area contributed by atoms with Crippen LogP contribution in [0.1, 0.15) is 25.7 Å². The van der Waals surface area contributed by atoms with Crippen LogP contribution in [0.15, 0.2) is 0 Å². The molecule has 0 bridgehead atoms. The maximum atomic E-state index is 12.3. The fraction of sp³-hybridized carbons (Fsp3) is 0.824. The smallest absolute Gasteiger partial charge is 0.319 e. The normalized spacial score (nSPS) is 30.6. The lowest BCUT2D eigenvalue weighted by Crippen LogP contribution is -2.43. The zero-order valence-electron chi connectivity index (χ0n) is 15.0. The van der Waals surface area contributed by atoms with E-state index in [0.717, 1.165) is 38.8 Å². The van der Waals surface area contributed by atoms with Crippen molar-refractivity contribution in [1.29, 1.82) is 5.26 Å². The van der Waals surface area contributed by atoms with Crippen LogP contribution in [0.2, 0.25) is 0 Å². The van der Waals surface area contributed by atoms with Gasteiger partial charge in [-0.1, -0.05) is 0 Å². The minimum atomic E-state index is -0.243. The summed E-state index contributed by atoms with van der Waals surface area (Å²) < 4.78 is 0. The molecule has 2 saturated heterocycles. The van der Waals surface area contributed by atoms with Gasteiger partial charge in [-0.05, 0) is 37.5 Å². The molecule has 140 valence electrons. The predicted octanol–water partition coefficient (Wildman–Crippen LogP) is 0.904.